The van der Waals surface area contributed by atoms with Crippen LogP contribution in [0.4, 0.5) is 8.78 Å². The third-order valence-corrected chi connectivity index (χ3v) is 3.28. The van der Waals surface area contributed by atoms with E-state index in [4.69, 9.17) is 5.26 Å². The lowest BCUT2D eigenvalue weighted by atomic mass is 10.0. The predicted octanol–water partition coefficient (Wildman–Crippen LogP) is 2.37. The van der Waals surface area contributed by atoms with Crippen LogP contribution >= 0.6 is 0 Å². The number of fused-ring (bicyclic) bond motifs is 1. The summed E-state index contributed by atoms with van der Waals surface area (Å²) in [6, 6.07) is 10.5. The van der Waals surface area contributed by atoms with Gasteiger partial charge in [0.2, 0.25) is 6.43 Å². The Bertz CT molecular complexity index is 922. The highest BCUT2D eigenvalue weighted by Crippen LogP contribution is 2.22. The highest BCUT2D eigenvalue weighted by Gasteiger charge is 2.20. The van der Waals surface area contributed by atoms with E-state index in [1.165, 1.54) is 6.20 Å². The molecule has 3 rings (SSSR count). The molecule has 5 nitrogen and oxygen atoms in total. The first kappa shape index (κ1) is 13.9. The van der Waals surface area contributed by atoms with E-state index in [1.54, 1.807) is 30.3 Å². The van der Waals surface area contributed by atoms with Crippen LogP contribution in [-0.4, -0.2) is 21.0 Å². The first-order chi connectivity index (χ1) is 10.6. The zero-order valence-corrected chi connectivity index (χ0v) is 11.3. The van der Waals surface area contributed by atoms with Gasteiger partial charge in [-0.1, -0.05) is 30.3 Å². The van der Waals surface area contributed by atoms with E-state index in [2.05, 4.69) is 10.1 Å². The Morgan fingerprint density at radius 3 is 2.68 bits per heavy atom. The lowest BCUT2D eigenvalue weighted by Crippen LogP contribution is -2.23. The van der Waals surface area contributed by atoms with Crippen LogP contribution in [-0.2, 0) is 6.42 Å². The van der Waals surface area contributed by atoms with Crippen molar-refractivity contribution in [3.8, 4) is 17.3 Å². The first-order valence-electron chi connectivity index (χ1n) is 6.48. The Morgan fingerprint density at radius 2 is 2.05 bits per heavy atom. The maximum absolute atomic E-state index is 12.8. The van der Waals surface area contributed by atoms with Crippen LogP contribution in [0.5, 0.6) is 0 Å². The number of benzene rings is 1. The average molecular weight is 300 g/mol. The fourth-order valence-corrected chi connectivity index (χ4v) is 2.31. The first-order valence-corrected chi connectivity index (χ1v) is 6.48. The number of aromatic amines is 1. The average Bonchev–Trinajstić information content (AvgIpc) is 2.93. The van der Waals surface area contributed by atoms with Crippen LogP contribution in [0.15, 0.2) is 41.3 Å². The number of H-pyrrole nitrogens is 1. The highest BCUT2D eigenvalue weighted by molar-refractivity contribution is 5.67. The van der Waals surface area contributed by atoms with Gasteiger partial charge in [0.25, 0.3) is 5.56 Å². The van der Waals surface area contributed by atoms with Gasteiger partial charge >= 0.3 is 0 Å². The molecule has 0 aliphatic rings. The largest absolute Gasteiger partial charge is 0.295 e. The number of hydrogen-bond acceptors (Lipinski definition) is 3. The molecule has 0 aliphatic carbocycles. The molecule has 0 bridgehead atoms. The smallest absolute Gasteiger partial charge is 0.276 e. The lowest BCUT2D eigenvalue weighted by molar-refractivity contribution is 0.148. The van der Waals surface area contributed by atoms with Crippen LogP contribution in [0.3, 0.4) is 0 Å². The minimum absolute atomic E-state index is 0.0787. The van der Waals surface area contributed by atoms with Crippen molar-refractivity contribution >= 4 is 5.65 Å². The van der Waals surface area contributed by atoms with Crippen molar-refractivity contribution in [2.45, 2.75) is 12.8 Å². The van der Waals surface area contributed by atoms with Crippen molar-refractivity contribution in [1.82, 2.24) is 14.6 Å². The summed E-state index contributed by atoms with van der Waals surface area (Å²) in [5, 5.41) is 11.6. The Balaban J connectivity index is 2.37. The van der Waals surface area contributed by atoms with Crippen LogP contribution in [0.2, 0.25) is 0 Å². The molecule has 1 aromatic carbocycles. The number of alkyl halides is 2. The summed E-state index contributed by atoms with van der Waals surface area (Å²) in [6.07, 6.45) is -2.04. The quantitative estimate of drug-likeness (QED) is 0.807. The van der Waals surface area contributed by atoms with Crippen LogP contribution in [0, 0.1) is 11.3 Å². The van der Waals surface area contributed by atoms with E-state index < -0.39 is 18.4 Å². The van der Waals surface area contributed by atoms with Gasteiger partial charge in [-0.15, -0.1) is 0 Å². The molecular weight excluding hydrogens is 290 g/mol. The van der Waals surface area contributed by atoms with Crippen molar-refractivity contribution in [3.63, 3.8) is 0 Å². The summed E-state index contributed by atoms with van der Waals surface area (Å²) in [7, 11) is 0. The standard InChI is InChI=1S/C15H10F2N4O/c16-12(17)6-11-13(9-4-2-1-3-5-9)20-14-10(7-18)8-19-21(14)15(11)22/h1-5,8,12,19H,6H2. The van der Waals surface area contributed by atoms with E-state index in [9.17, 15) is 13.6 Å². The molecule has 2 heterocycles. The van der Waals surface area contributed by atoms with E-state index >= 15 is 0 Å². The van der Waals surface area contributed by atoms with Gasteiger partial charge in [0, 0.05) is 18.2 Å². The third-order valence-electron chi connectivity index (χ3n) is 3.28. The Labute approximate surface area is 123 Å². The molecule has 0 spiro atoms. The molecule has 0 aliphatic heterocycles. The van der Waals surface area contributed by atoms with Crippen molar-refractivity contribution in [1.29, 1.82) is 5.26 Å². The maximum Gasteiger partial charge on any atom is 0.276 e. The minimum Gasteiger partial charge on any atom is -0.295 e. The molecule has 0 fully saturated rings. The summed E-state index contributed by atoms with van der Waals surface area (Å²) in [5.74, 6) is 0. The second kappa shape index (κ2) is 5.41. The monoisotopic (exact) mass is 300 g/mol. The van der Waals surface area contributed by atoms with Crippen molar-refractivity contribution < 1.29 is 8.78 Å². The SMILES string of the molecule is N#Cc1c[nH]n2c(=O)c(CC(F)F)c(-c3ccccc3)nc12. The van der Waals surface area contributed by atoms with Crippen molar-refractivity contribution in [2.75, 3.05) is 0 Å². The second-order valence-electron chi connectivity index (χ2n) is 4.66. The van der Waals surface area contributed by atoms with Gasteiger partial charge in [-0.25, -0.2) is 18.3 Å². The zero-order chi connectivity index (χ0) is 15.7. The zero-order valence-electron chi connectivity index (χ0n) is 11.3. The Morgan fingerprint density at radius 1 is 1.32 bits per heavy atom. The maximum atomic E-state index is 12.8. The highest BCUT2D eigenvalue weighted by atomic mass is 19.3. The molecule has 0 saturated heterocycles. The molecule has 1 N–H and O–H groups in total. The topological polar surface area (TPSA) is 73.9 Å². The van der Waals surface area contributed by atoms with E-state index in [0.29, 0.717) is 5.56 Å². The Hall–Kier alpha value is -3.01. The molecule has 3 aromatic rings. The van der Waals surface area contributed by atoms with Crippen LogP contribution in [0.25, 0.3) is 16.9 Å². The summed E-state index contributed by atoms with van der Waals surface area (Å²) in [4.78, 5) is 16.7. The van der Waals surface area contributed by atoms with Crippen LogP contribution < -0.4 is 5.56 Å². The molecule has 110 valence electrons. The van der Waals surface area contributed by atoms with E-state index in [1.807, 2.05) is 6.07 Å². The molecule has 0 atom stereocenters. The molecule has 2 aromatic heterocycles. The number of nitriles is 1. The number of nitrogens with one attached hydrogen (secondary N) is 1. The molecule has 0 saturated carbocycles. The van der Waals surface area contributed by atoms with Gasteiger partial charge in [0.05, 0.1) is 11.3 Å². The minimum atomic E-state index is -2.67. The third kappa shape index (κ3) is 2.24. The Kier molecular flexibility index (Phi) is 3.43. The fraction of sp³-hybridized carbons (Fsp3) is 0.133. The van der Waals surface area contributed by atoms with Crippen molar-refractivity contribution in [3.05, 3.63) is 58.0 Å². The number of nitrogens with zero attached hydrogens (tertiary/aromatic N) is 3. The molecule has 0 amide bonds. The van der Waals surface area contributed by atoms with Gasteiger partial charge in [0.1, 0.15) is 11.6 Å². The number of aromatic nitrogens is 3. The number of rotatable bonds is 3. The summed E-state index contributed by atoms with van der Waals surface area (Å²) in [5.41, 5.74) is 0.350. The summed E-state index contributed by atoms with van der Waals surface area (Å²) < 4.78 is 26.7. The van der Waals surface area contributed by atoms with Gasteiger partial charge in [-0.05, 0) is 0 Å². The molecule has 7 heteroatoms. The molecular formula is C15H10F2N4O. The lowest BCUT2D eigenvalue weighted by Gasteiger charge is -2.09. The van der Waals surface area contributed by atoms with Crippen LogP contribution in [0.1, 0.15) is 11.1 Å². The normalized spacial score (nSPS) is 11.0. The predicted molar refractivity (Wildman–Crippen MR) is 75.7 cm³/mol. The second-order valence-corrected chi connectivity index (χ2v) is 4.66. The number of hydrogen-bond donors (Lipinski definition) is 1. The summed E-state index contributed by atoms with van der Waals surface area (Å²) in [6.45, 7) is 0. The summed E-state index contributed by atoms with van der Waals surface area (Å²) >= 11 is 0. The van der Waals surface area contributed by atoms with E-state index in [0.717, 1.165) is 4.52 Å². The van der Waals surface area contributed by atoms with Gasteiger partial charge in [-0.2, -0.15) is 5.26 Å². The molecule has 22 heavy (non-hydrogen) atoms. The molecule has 0 unspecified atom stereocenters. The van der Waals surface area contributed by atoms with Crippen molar-refractivity contribution in [2.24, 2.45) is 0 Å². The number of halogens is 2. The molecule has 0 radical (unpaired) electrons. The fourth-order valence-electron chi connectivity index (χ4n) is 2.31. The van der Waals surface area contributed by atoms with E-state index in [-0.39, 0.29) is 22.5 Å². The van der Waals surface area contributed by atoms with Gasteiger partial charge < -0.3 is 0 Å². The van der Waals surface area contributed by atoms with Gasteiger partial charge in [-0.3, -0.25) is 9.89 Å². The van der Waals surface area contributed by atoms with Gasteiger partial charge in [0.15, 0.2) is 5.65 Å².